The Bertz CT molecular complexity index is 336. The fourth-order valence-corrected chi connectivity index (χ4v) is 1.92. The first-order chi connectivity index (χ1) is 7.95. The van der Waals surface area contributed by atoms with Crippen LogP contribution in [0.3, 0.4) is 0 Å². The summed E-state index contributed by atoms with van der Waals surface area (Å²) in [6.45, 7) is 5.67. The summed E-state index contributed by atoms with van der Waals surface area (Å²) in [6.07, 6.45) is 6.09. The Morgan fingerprint density at radius 1 is 1.53 bits per heavy atom. The Labute approximate surface area is 102 Å². The molecule has 0 aliphatic carbocycles. The van der Waals surface area contributed by atoms with E-state index in [4.69, 9.17) is 5.26 Å². The van der Waals surface area contributed by atoms with Gasteiger partial charge in [0.15, 0.2) is 6.19 Å². The molecule has 1 fully saturated rings. The summed E-state index contributed by atoms with van der Waals surface area (Å²) in [6, 6.07) is 0. The summed E-state index contributed by atoms with van der Waals surface area (Å²) in [5.74, 6) is -0.405. The van der Waals surface area contributed by atoms with E-state index in [1.165, 1.54) is 6.08 Å². The van der Waals surface area contributed by atoms with Crippen LogP contribution in [0.2, 0.25) is 0 Å². The maximum atomic E-state index is 11.1. The molecule has 0 spiro atoms. The first-order valence-corrected chi connectivity index (χ1v) is 5.77. The zero-order valence-corrected chi connectivity index (χ0v) is 10.3. The van der Waals surface area contributed by atoms with Gasteiger partial charge in [-0.25, -0.2) is 0 Å². The van der Waals surface area contributed by atoms with Crippen LogP contribution in [0, 0.1) is 11.5 Å². The number of nitriles is 1. The highest BCUT2D eigenvalue weighted by Gasteiger charge is 2.27. The van der Waals surface area contributed by atoms with E-state index in [9.17, 15) is 9.90 Å². The largest absolute Gasteiger partial charge is 0.393 e. The van der Waals surface area contributed by atoms with Gasteiger partial charge in [-0.05, 0) is 26.7 Å². The van der Waals surface area contributed by atoms with Crippen LogP contribution in [0.5, 0.6) is 0 Å². The van der Waals surface area contributed by atoms with E-state index >= 15 is 0 Å². The van der Waals surface area contributed by atoms with Crippen molar-refractivity contribution >= 4 is 5.91 Å². The van der Waals surface area contributed by atoms with Crippen LogP contribution in [0.25, 0.3) is 0 Å². The van der Waals surface area contributed by atoms with E-state index < -0.39 is 5.91 Å². The van der Waals surface area contributed by atoms with Crippen molar-refractivity contribution in [3.05, 3.63) is 12.2 Å². The number of nitrogens with zero attached hydrogens (tertiary/aromatic N) is 2. The third-order valence-electron chi connectivity index (χ3n) is 3.10. The number of nitrogens with one attached hydrogen (secondary N) is 1. The van der Waals surface area contributed by atoms with Crippen molar-refractivity contribution in [1.29, 1.82) is 5.26 Å². The van der Waals surface area contributed by atoms with E-state index in [0.717, 1.165) is 25.9 Å². The quantitative estimate of drug-likeness (QED) is 0.422. The van der Waals surface area contributed by atoms with Crippen molar-refractivity contribution in [2.45, 2.75) is 38.3 Å². The van der Waals surface area contributed by atoms with E-state index in [0.29, 0.717) is 0 Å². The molecule has 1 aliphatic rings. The lowest BCUT2D eigenvalue weighted by Gasteiger charge is -2.40. The van der Waals surface area contributed by atoms with Gasteiger partial charge in [-0.2, -0.15) is 5.26 Å². The first-order valence-electron chi connectivity index (χ1n) is 5.77. The molecule has 94 valence electrons. The van der Waals surface area contributed by atoms with Crippen LogP contribution in [0.1, 0.15) is 26.7 Å². The summed E-state index contributed by atoms with van der Waals surface area (Å²) in [4.78, 5) is 13.4. The second-order valence-corrected chi connectivity index (χ2v) is 4.81. The number of amides is 1. The van der Waals surface area contributed by atoms with Gasteiger partial charge in [0.25, 0.3) is 5.91 Å². The molecule has 0 aromatic rings. The number of piperidine rings is 1. The third kappa shape index (κ3) is 4.17. The van der Waals surface area contributed by atoms with Crippen LogP contribution >= 0.6 is 0 Å². The molecular formula is C12H19N3O2. The highest BCUT2D eigenvalue weighted by atomic mass is 16.3. The minimum atomic E-state index is -0.405. The predicted octanol–water partition coefficient (Wildman–Crippen LogP) is 0.375. The topological polar surface area (TPSA) is 76.4 Å². The van der Waals surface area contributed by atoms with Crippen molar-refractivity contribution in [2.24, 2.45) is 0 Å². The number of aliphatic hydroxyl groups is 1. The van der Waals surface area contributed by atoms with Gasteiger partial charge in [0.05, 0.1) is 6.10 Å². The maximum Gasteiger partial charge on any atom is 0.256 e. The Morgan fingerprint density at radius 2 is 2.12 bits per heavy atom. The van der Waals surface area contributed by atoms with Crippen LogP contribution in [-0.4, -0.2) is 40.6 Å². The fourth-order valence-electron chi connectivity index (χ4n) is 1.92. The third-order valence-corrected chi connectivity index (χ3v) is 3.10. The molecule has 1 saturated heterocycles. The summed E-state index contributed by atoms with van der Waals surface area (Å²) < 4.78 is 0. The maximum absolute atomic E-state index is 11.1. The van der Waals surface area contributed by atoms with Gasteiger partial charge in [0.1, 0.15) is 0 Å². The molecule has 1 amide bonds. The van der Waals surface area contributed by atoms with Gasteiger partial charge in [-0.15, -0.1) is 0 Å². The van der Waals surface area contributed by atoms with Crippen molar-refractivity contribution in [3.63, 3.8) is 0 Å². The van der Waals surface area contributed by atoms with Gasteiger partial charge in [0.2, 0.25) is 0 Å². The standard InChI is InChI=1S/C12H19N3O2/c1-12(2,6-3-11(17)14-9-13)15-7-4-10(16)5-8-15/h3,6,10,16H,4-5,7-8H2,1-2H3,(H,14,17). The van der Waals surface area contributed by atoms with Crippen molar-refractivity contribution in [1.82, 2.24) is 10.2 Å². The molecule has 5 heteroatoms. The average molecular weight is 237 g/mol. The smallest absolute Gasteiger partial charge is 0.256 e. The minimum Gasteiger partial charge on any atom is -0.393 e. The van der Waals surface area contributed by atoms with E-state index in [2.05, 4.69) is 4.90 Å². The highest BCUT2D eigenvalue weighted by Crippen LogP contribution is 2.21. The van der Waals surface area contributed by atoms with Crippen LogP contribution in [-0.2, 0) is 4.79 Å². The number of likely N-dealkylation sites (tertiary alicyclic amines) is 1. The monoisotopic (exact) mass is 237 g/mol. The molecule has 0 radical (unpaired) electrons. The fraction of sp³-hybridized carbons (Fsp3) is 0.667. The number of carbonyl (C=O) groups is 1. The lowest BCUT2D eigenvalue weighted by Crippen LogP contribution is -2.48. The number of hydrogen-bond donors (Lipinski definition) is 2. The Balaban J connectivity index is 2.56. The molecular weight excluding hydrogens is 218 g/mol. The lowest BCUT2D eigenvalue weighted by molar-refractivity contribution is -0.115. The Kier molecular flexibility index (Phi) is 4.67. The molecule has 5 nitrogen and oxygen atoms in total. The zero-order valence-electron chi connectivity index (χ0n) is 10.3. The molecule has 0 saturated carbocycles. The predicted molar refractivity (Wildman–Crippen MR) is 63.8 cm³/mol. The van der Waals surface area contributed by atoms with Gasteiger partial charge in [0, 0.05) is 24.7 Å². The Morgan fingerprint density at radius 3 is 2.65 bits per heavy atom. The van der Waals surface area contributed by atoms with Crippen LogP contribution in [0.15, 0.2) is 12.2 Å². The molecule has 0 aromatic heterocycles. The molecule has 1 aliphatic heterocycles. The summed E-state index contributed by atoms with van der Waals surface area (Å²) in [5, 5.41) is 19.8. The van der Waals surface area contributed by atoms with Gasteiger partial charge in [-0.3, -0.25) is 15.0 Å². The highest BCUT2D eigenvalue weighted by molar-refractivity contribution is 5.88. The van der Waals surface area contributed by atoms with E-state index in [1.54, 1.807) is 12.3 Å². The second-order valence-electron chi connectivity index (χ2n) is 4.81. The van der Waals surface area contributed by atoms with E-state index in [-0.39, 0.29) is 11.6 Å². The molecule has 0 unspecified atom stereocenters. The summed E-state index contributed by atoms with van der Waals surface area (Å²) in [5.41, 5.74) is -0.243. The summed E-state index contributed by atoms with van der Waals surface area (Å²) >= 11 is 0. The van der Waals surface area contributed by atoms with Crippen molar-refractivity contribution < 1.29 is 9.90 Å². The molecule has 0 aromatic carbocycles. The van der Waals surface area contributed by atoms with Crippen molar-refractivity contribution in [3.8, 4) is 6.19 Å². The van der Waals surface area contributed by atoms with E-state index in [1.807, 2.05) is 19.2 Å². The average Bonchev–Trinajstić information content (AvgIpc) is 2.28. The Hall–Kier alpha value is -1.38. The van der Waals surface area contributed by atoms with Gasteiger partial charge in [-0.1, -0.05) is 6.08 Å². The van der Waals surface area contributed by atoms with Crippen LogP contribution in [0.4, 0.5) is 0 Å². The second kappa shape index (κ2) is 5.80. The molecule has 17 heavy (non-hydrogen) atoms. The van der Waals surface area contributed by atoms with Gasteiger partial charge >= 0.3 is 0 Å². The number of carbonyl (C=O) groups excluding carboxylic acids is 1. The minimum absolute atomic E-state index is 0.201. The zero-order chi connectivity index (χ0) is 12.9. The normalized spacial score (nSPS) is 19.2. The molecule has 1 heterocycles. The first kappa shape index (κ1) is 13.7. The summed E-state index contributed by atoms with van der Waals surface area (Å²) in [7, 11) is 0. The number of rotatable bonds is 3. The SMILES string of the molecule is CC(C)(C=CC(=O)NC#N)N1CCC(O)CC1. The molecule has 0 bridgehead atoms. The molecule has 1 rings (SSSR count). The molecule has 0 atom stereocenters. The number of aliphatic hydroxyl groups excluding tert-OH is 1. The lowest BCUT2D eigenvalue weighted by atomic mass is 9.97. The number of hydrogen-bond acceptors (Lipinski definition) is 4. The van der Waals surface area contributed by atoms with Gasteiger partial charge < -0.3 is 5.11 Å². The van der Waals surface area contributed by atoms with Crippen molar-refractivity contribution in [2.75, 3.05) is 13.1 Å². The van der Waals surface area contributed by atoms with Crippen LogP contribution < -0.4 is 5.32 Å². The molecule has 2 N–H and O–H groups in total.